The fourth-order valence-electron chi connectivity index (χ4n) is 3.48. The molecule has 0 atom stereocenters. The first-order chi connectivity index (χ1) is 14.0. The maximum absolute atomic E-state index is 13.0. The third kappa shape index (κ3) is 4.18. The van der Waals surface area contributed by atoms with Crippen LogP contribution in [0.15, 0.2) is 48.7 Å². The molecule has 4 rings (SSSR count). The van der Waals surface area contributed by atoms with Crippen LogP contribution in [0.1, 0.15) is 15.9 Å². The van der Waals surface area contributed by atoms with E-state index < -0.39 is 0 Å². The summed E-state index contributed by atoms with van der Waals surface area (Å²) in [6.45, 7) is 2.57. The Morgan fingerprint density at radius 2 is 2.00 bits per heavy atom. The number of ether oxygens (including phenoxy) is 1. The number of pyridine rings is 1. The number of hydrogen-bond donors (Lipinski definition) is 1. The fourth-order valence-corrected chi connectivity index (χ4v) is 3.72. The number of benzene rings is 2. The lowest BCUT2D eigenvalue weighted by Gasteiger charge is -2.37. The number of rotatable bonds is 7. The van der Waals surface area contributed by atoms with Gasteiger partial charge in [-0.05, 0) is 36.4 Å². The minimum absolute atomic E-state index is 0.0747. The predicted molar refractivity (Wildman–Crippen MR) is 110 cm³/mol. The molecule has 3 aromatic rings. The number of likely N-dealkylation sites (tertiary alicyclic amines) is 1. The molecule has 2 heterocycles. The van der Waals surface area contributed by atoms with Gasteiger partial charge in [0.2, 0.25) is 0 Å². The number of hydrogen-bond acceptors (Lipinski definition) is 5. The normalized spacial score (nSPS) is 14.7. The number of carbonyl (C=O) groups excluding carboxylic acids is 1. The van der Waals surface area contributed by atoms with E-state index >= 15 is 0 Å². The van der Waals surface area contributed by atoms with Gasteiger partial charge in [-0.25, -0.2) is 0 Å². The molecular weight excluding hydrogens is 395 g/mol. The summed E-state index contributed by atoms with van der Waals surface area (Å²) in [5.41, 5.74) is 1.33. The van der Waals surface area contributed by atoms with Crippen LogP contribution >= 0.6 is 11.6 Å². The quantitative estimate of drug-likeness (QED) is 0.589. The topological polar surface area (TPSA) is 62.7 Å². The minimum atomic E-state index is -0.259. The van der Waals surface area contributed by atoms with Crippen molar-refractivity contribution in [1.82, 2.24) is 9.88 Å². The highest BCUT2D eigenvalue weighted by molar-refractivity contribution is 6.36. The third-order valence-electron chi connectivity index (χ3n) is 5.08. The lowest BCUT2D eigenvalue weighted by atomic mass is 9.99. The number of carbonyl (C=O) groups is 1. The van der Waals surface area contributed by atoms with E-state index in [0.717, 1.165) is 19.6 Å². The van der Waals surface area contributed by atoms with Gasteiger partial charge in [0, 0.05) is 48.8 Å². The average Bonchev–Trinajstić information content (AvgIpc) is 2.70. The van der Waals surface area contributed by atoms with Crippen LogP contribution in [0.5, 0.6) is 11.5 Å². The van der Waals surface area contributed by atoms with Crippen molar-refractivity contribution >= 4 is 28.3 Å². The molecule has 0 unspecified atom stereocenters. The molecule has 1 fully saturated rings. The second kappa shape index (κ2) is 8.35. The molecule has 0 spiro atoms. The first kappa shape index (κ1) is 19.6. The summed E-state index contributed by atoms with van der Waals surface area (Å²) in [7, 11) is 0. The standard InChI is InChI=1S/C22H20ClFN2O3/c23-19-11-25-20-9-16(27)3-6-18(20)21(19)22(28)15-1-4-17(5-2-15)29-8-7-26-12-14(10-24)13-26/h1-6,9,11,14,27H,7-8,10,12-13H2. The smallest absolute Gasteiger partial charge is 0.195 e. The summed E-state index contributed by atoms with van der Waals surface area (Å²) in [6.07, 6.45) is 1.41. The van der Waals surface area contributed by atoms with E-state index in [4.69, 9.17) is 16.3 Å². The van der Waals surface area contributed by atoms with E-state index in [9.17, 15) is 14.3 Å². The molecule has 1 aliphatic rings. The van der Waals surface area contributed by atoms with Gasteiger partial charge in [0.15, 0.2) is 5.78 Å². The Hall–Kier alpha value is -2.70. The highest BCUT2D eigenvalue weighted by atomic mass is 35.5. The summed E-state index contributed by atoms with van der Waals surface area (Å²) < 4.78 is 18.2. The second-order valence-corrected chi connectivity index (χ2v) is 7.57. The van der Waals surface area contributed by atoms with Crippen molar-refractivity contribution in [3.63, 3.8) is 0 Å². The van der Waals surface area contributed by atoms with Gasteiger partial charge in [-0.3, -0.25) is 19.1 Å². The van der Waals surface area contributed by atoms with E-state index in [1.54, 1.807) is 30.3 Å². The molecule has 0 bridgehead atoms. The van der Waals surface area contributed by atoms with E-state index in [0.29, 0.717) is 34.4 Å². The lowest BCUT2D eigenvalue weighted by Crippen LogP contribution is -2.49. The van der Waals surface area contributed by atoms with Crippen molar-refractivity contribution in [2.24, 2.45) is 5.92 Å². The Kier molecular flexibility index (Phi) is 5.65. The predicted octanol–water partition coefficient (Wildman–Crippen LogP) is 4.10. The summed E-state index contributed by atoms with van der Waals surface area (Å²) in [6, 6.07) is 11.5. The number of phenols is 1. The van der Waals surface area contributed by atoms with Gasteiger partial charge in [0.1, 0.15) is 18.1 Å². The number of ketones is 1. The molecule has 1 aromatic heterocycles. The Balaban J connectivity index is 1.45. The second-order valence-electron chi connectivity index (χ2n) is 7.16. The van der Waals surface area contributed by atoms with Crippen molar-refractivity contribution < 1.29 is 19.0 Å². The van der Waals surface area contributed by atoms with Gasteiger partial charge in [-0.15, -0.1) is 0 Å². The summed E-state index contributed by atoms with van der Waals surface area (Å²) in [5.74, 6) is 0.684. The van der Waals surface area contributed by atoms with E-state index in [-0.39, 0.29) is 29.1 Å². The number of alkyl halides is 1. The molecule has 1 saturated heterocycles. The lowest BCUT2D eigenvalue weighted by molar-refractivity contribution is 0.0668. The monoisotopic (exact) mass is 414 g/mol. The Labute approximate surface area is 172 Å². The molecule has 7 heteroatoms. The highest BCUT2D eigenvalue weighted by Gasteiger charge is 2.25. The number of phenolic OH excluding ortho intramolecular Hbond substituents is 1. The molecule has 150 valence electrons. The van der Waals surface area contributed by atoms with Gasteiger partial charge in [0.25, 0.3) is 0 Å². The Morgan fingerprint density at radius 1 is 1.24 bits per heavy atom. The molecule has 0 saturated carbocycles. The van der Waals surface area contributed by atoms with Crippen molar-refractivity contribution in [3.05, 3.63) is 64.8 Å². The van der Waals surface area contributed by atoms with Gasteiger partial charge < -0.3 is 9.84 Å². The minimum Gasteiger partial charge on any atom is -0.508 e. The molecule has 1 N–H and O–H groups in total. The molecule has 1 aliphatic heterocycles. The fraction of sp³-hybridized carbons (Fsp3) is 0.273. The first-order valence-corrected chi connectivity index (χ1v) is 9.76. The van der Waals surface area contributed by atoms with Crippen LogP contribution in [-0.4, -0.2) is 53.7 Å². The van der Waals surface area contributed by atoms with Crippen LogP contribution in [0.4, 0.5) is 4.39 Å². The van der Waals surface area contributed by atoms with Gasteiger partial charge >= 0.3 is 0 Å². The molecule has 0 aliphatic carbocycles. The Morgan fingerprint density at radius 3 is 2.72 bits per heavy atom. The number of fused-ring (bicyclic) bond motifs is 1. The van der Waals surface area contributed by atoms with Crippen molar-refractivity contribution in [2.45, 2.75) is 0 Å². The molecule has 0 radical (unpaired) electrons. The number of aromatic nitrogens is 1. The maximum Gasteiger partial charge on any atom is 0.195 e. The molecular formula is C22H20ClFN2O3. The van der Waals surface area contributed by atoms with Gasteiger partial charge in [0.05, 0.1) is 22.8 Å². The van der Waals surface area contributed by atoms with Crippen molar-refractivity contribution in [3.8, 4) is 11.5 Å². The molecule has 0 amide bonds. The van der Waals surface area contributed by atoms with E-state index in [2.05, 4.69) is 9.88 Å². The maximum atomic E-state index is 13.0. The largest absolute Gasteiger partial charge is 0.508 e. The van der Waals surface area contributed by atoms with E-state index in [1.165, 1.54) is 18.3 Å². The van der Waals surface area contributed by atoms with Crippen LogP contribution < -0.4 is 4.74 Å². The van der Waals surface area contributed by atoms with Crippen LogP contribution in [0.3, 0.4) is 0 Å². The zero-order valence-electron chi connectivity index (χ0n) is 15.6. The zero-order valence-corrected chi connectivity index (χ0v) is 16.4. The Bertz CT molecular complexity index is 1040. The molecule has 2 aromatic carbocycles. The van der Waals surface area contributed by atoms with Crippen LogP contribution in [0.2, 0.25) is 5.02 Å². The number of aromatic hydroxyl groups is 1. The van der Waals surface area contributed by atoms with Crippen molar-refractivity contribution in [2.75, 3.05) is 32.9 Å². The van der Waals surface area contributed by atoms with Crippen LogP contribution in [0, 0.1) is 5.92 Å². The van der Waals surface area contributed by atoms with Crippen LogP contribution in [0.25, 0.3) is 10.9 Å². The SMILES string of the molecule is O=C(c1ccc(OCCN2CC(CF)C2)cc1)c1c(Cl)cnc2cc(O)ccc12. The average molecular weight is 415 g/mol. The summed E-state index contributed by atoms with van der Waals surface area (Å²) in [5, 5.41) is 10.5. The molecule has 29 heavy (non-hydrogen) atoms. The van der Waals surface area contributed by atoms with Gasteiger partial charge in [-0.1, -0.05) is 11.6 Å². The van der Waals surface area contributed by atoms with Gasteiger partial charge in [-0.2, -0.15) is 0 Å². The number of nitrogens with zero attached hydrogens (tertiary/aromatic N) is 2. The highest BCUT2D eigenvalue weighted by Crippen LogP contribution is 2.29. The van der Waals surface area contributed by atoms with Crippen LogP contribution in [-0.2, 0) is 0 Å². The summed E-state index contributed by atoms with van der Waals surface area (Å²) >= 11 is 6.26. The first-order valence-electron chi connectivity index (χ1n) is 9.38. The number of halogens is 2. The molecule has 5 nitrogen and oxygen atoms in total. The van der Waals surface area contributed by atoms with Crippen molar-refractivity contribution in [1.29, 1.82) is 0 Å². The van der Waals surface area contributed by atoms with E-state index in [1.807, 2.05) is 0 Å². The summed E-state index contributed by atoms with van der Waals surface area (Å²) in [4.78, 5) is 19.4. The zero-order chi connectivity index (χ0) is 20.4. The third-order valence-corrected chi connectivity index (χ3v) is 5.36.